The lowest BCUT2D eigenvalue weighted by atomic mass is 10.3. The Morgan fingerprint density at radius 1 is 1.53 bits per heavy atom. The molecule has 0 amide bonds. The molecule has 0 unspecified atom stereocenters. The van der Waals surface area contributed by atoms with E-state index in [1.54, 1.807) is 25.1 Å². The van der Waals surface area contributed by atoms with Crippen molar-refractivity contribution in [2.75, 3.05) is 6.61 Å². The average molecular weight is 275 g/mol. The molecule has 0 saturated carbocycles. The molecule has 0 bridgehead atoms. The molecular formula is C12H12Cl2O3. The lowest BCUT2D eigenvalue weighted by Crippen LogP contribution is -2.26. The van der Waals surface area contributed by atoms with Crippen molar-refractivity contribution in [1.29, 1.82) is 0 Å². The fourth-order valence-electron chi connectivity index (χ4n) is 1.07. The summed E-state index contributed by atoms with van der Waals surface area (Å²) in [6.07, 6.45) is 0.744. The highest BCUT2D eigenvalue weighted by atomic mass is 35.5. The topological polar surface area (TPSA) is 35.5 Å². The molecule has 1 rings (SSSR count). The Kier molecular flexibility index (Phi) is 5.32. The summed E-state index contributed by atoms with van der Waals surface area (Å²) in [6.45, 7) is 5.18. The molecule has 0 aromatic heterocycles. The van der Waals surface area contributed by atoms with Crippen molar-refractivity contribution >= 4 is 29.2 Å². The van der Waals surface area contributed by atoms with Crippen LogP contribution in [-0.2, 0) is 9.53 Å². The second-order valence-corrected chi connectivity index (χ2v) is 4.10. The SMILES string of the molecule is C=CCOC(=O)[C@H](C)Oc1ccc(Cl)cc1Cl. The van der Waals surface area contributed by atoms with Crippen LogP contribution in [0.5, 0.6) is 5.75 Å². The van der Waals surface area contributed by atoms with Gasteiger partial charge in [0.05, 0.1) is 5.02 Å². The highest BCUT2D eigenvalue weighted by Gasteiger charge is 2.17. The first-order valence-corrected chi connectivity index (χ1v) is 5.69. The van der Waals surface area contributed by atoms with E-state index in [-0.39, 0.29) is 6.61 Å². The van der Waals surface area contributed by atoms with E-state index in [0.717, 1.165) is 0 Å². The van der Waals surface area contributed by atoms with E-state index in [1.807, 2.05) is 0 Å². The first-order chi connectivity index (χ1) is 8.04. The lowest BCUT2D eigenvalue weighted by Gasteiger charge is -2.14. The molecule has 1 aromatic carbocycles. The first kappa shape index (κ1) is 13.9. The van der Waals surface area contributed by atoms with Crippen molar-refractivity contribution in [1.82, 2.24) is 0 Å². The Morgan fingerprint density at radius 2 is 2.24 bits per heavy atom. The summed E-state index contributed by atoms with van der Waals surface area (Å²) in [5.41, 5.74) is 0. The van der Waals surface area contributed by atoms with Crippen molar-refractivity contribution in [3.63, 3.8) is 0 Å². The predicted octanol–water partition coefficient (Wildman–Crippen LogP) is 3.49. The van der Waals surface area contributed by atoms with Gasteiger partial charge in [0, 0.05) is 5.02 Å². The van der Waals surface area contributed by atoms with Crippen LogP contribution >= 0.6 is 23.2 Å². The fourth-order valence-corrected chi connectivity index (χ4v) is 1.52. The maximum Gasteiger partial charge on any atom is 0.347 e. The molecule has 0 N–H and O–H groups in total. The van der Waals surface area contributed by atoms with Crippen molar-refractivity contribution < 1.29 is 14.3 Å². The summed E-state index contributed by atoms with van der Waals surface area (Å²) in [5.74, 6) is -0.0879. The standard InChI is InChI=1S/C12H12Cl2O3/c1-3-6-16-12(15)8(2)17-11-5-4-9(13)7-10(11)14/h3-5,7-8H,1,6H2,2H3/t8-/m0/s1. The van der Waals surface area contributed by atoms with Gasteiger partial charge in [0.1, 0.15) is 12.4 Å². The van der Waals surface area contributed by atoms with Crippen LogP contribution in [0.3, 0.4) is 0 Å². The van der Waals surface area contributed by atoms with Crippen molar-refractivity contribution in [2.45, 2.75) is 13.0 Å². The molecule has 3 nitrogen and oxygen atoms in total. The van der Waals surface area contributed by atoms with Gasteiger partial charge in [-0.1, -0.05) is 35.9 Å². The van der Waals surface area contributed by atoms with Gasteiger partial charge in [0.15, 0.2) is 6.10 Å². The molecule has 0 aliphatic carbocycles. The fraction of sp³-hybridized carbons (Fsp3) is 0.250. The third-order valence-electron chi connectivity index (χ3n) is 1.87. The zero-order chi connectivity index (χ0) is 12.8. The van der Waals surface area contributed by atoms with Gasteiger partial charge in [0.25, 0.3) is 0 Å². The van der Waals surface area contributed by atoms with E-state index in [1.165, 1.54) is 6.08 Å². The smallest absolute Gasteiger partial charge is 0.347 e. The summed E-state index contributed by atoms with van der Waals surface area (Å²) < 4.78 is 10.2. The number of carbonyl (C=O) groups excluding carboxylic acids is 1. The minimum Gasteiger partial charge on any atom is -0.477 e. The third-order valence-corrected chi connectivity index (χ3v) is 2.40. The largest absolute Gasteiger partial charge is 0.477 e. The van der Waals surface area contributed by atoms with E-state index >= 15 is 0 Å². The van der Waals surface area contributed by atoms with Crippen LogP contribution in [0.2, 0.25) is 10.0 Å². The summed E-state index contributed by atoms with van der Waals surface area (Å²) in [4.78, 5) is 11.4. The molecular weight excluding hydrogens is 263 g/mol. The molecule has 0 aliphatic rings. The quantitative estimate of drug-likeness (QED) is 0.609. The summed E-state index contributed by atoms with van der Waals surface area (Å²) in [5, 5.41) is 0.852. The molecule has 0 saturated heterocycles. The molecule has 0 spiro atoms. The number of benzene rings is 1. The zero-order valence-corrected chi connectivity index (χ0v) is 10.8. The third kappa shape index (κ3) is 4.29. The molecule has 0 fully saturated rings. The van der Waals surface area contributed by atoms with Crippen LogP contribution < -0.4 is 4.74 Å². The Bertz CT molecular complexity index is 418. The predicted molar refractivity (Wildman–Crippen MR) is 67.7 cm³/mol. The molecule has 0 aliphatic heterocycles. The van der Waals surface area contributed by atoms with Gasteiger partial charge in [-0.15, -0.1) is 0 Å². The molecule has 1 aromatic rings. The highest BCUT2D eigenvalue weighted by Crippen LogP contribution is 2.28. The van der Waals surface area contributed by atoms with Crippen LogP contribution in [0.1, 0.15) is 6.92 Å². The van der Waals surface area contributed by atoms with Gasteiger partial charge < -0.3 is 9.47 Å². The van der Waals surface area contributed by atoms with Gasteiger partial charge >= 0.3 is 5.97 Å². The van der Waals surface area contributed by atoms with Crippen LogP contribution in [0, 0.1) is 0 Å². The number of ether oxygens (including phenoxy) is 2. The second-order valence-electron chi connectivity index (χ2n) is 3.25. The van der Waals surface area contributed by atoms with Crippen LogP contribution in [-0.4, -0.2) is 18.7 Å². The van der Waals surface area contributed by atoms with Crippen molar-refractivity contribution in [3.8, 4) is 5.75 Å². The van der Waals surface area contributed by atoms with E-state index in [4.69, 9.17) is 32.7 Å². The Morgan fingerprint density at radius 3 is 2.82 bits per heavy atom. The Hall–Kier alpha value is -1.19. The maximum atomic E-state index is 11.4. The number of hydrogen-bond donors (Lipinski definition) is 0. The number of rotatable bonds is 5. The number of halogens is 2. The van der Waals surface area contributed by atoms with Gasteiger partial charge in [0.2, 0.25) is 0 Å². The van der Waals surface area contributed by atoms with Crippen molar-refractivity contribution in [3.05, 3.63) is 40.9 Å². The van der Waals surface area contributed by atoms with E-state index in [0.29, 0.717) is 15.8 Å². The Balaban J connectivity index is 2.64. The van der Waals surface area contributed by atoms with Gasteiger partial charge in [-0.2, -0.15) is 0 Å². The molecule has 0 heterocycles. The van der Waals surface area contributed by atoms with E-state index in [9.17, 15) is 4.79 Å². The minimum atomic E-state index is -0.742. The van der Waals surface area contributed by atoms with Crippen LogP contribution in [0.4, 0.5) is 0 Å². The van der Waals surface area contributed by atoms with Gasteiger partial charge in [-0.05, 0) is 25.1 Å². The molecule has 1 atom stereocenters. The minimum absolute atomic E-state index is 0.154. The summed E-state index contributed by atoms with van der Waals surface area (Å²) >= 11 is 11.6. The highest BCUT2D eigenvalue weighted by molar-refractivity contribution is 6.35. The second kappa shape index (κ2) is 6.52. The number of carbonyl (C=O) groups is 1. The van der Waals surface area contributed by atoms with Crippen LogP contribution in [0.25, 0.3) is 0 Å². The van der Waals surface area contributed by atoms with E-state index < -0.39 is 12.1 Å². The molecule has 0 radical (unpaired) electrons. The van der Waals surface area contributed by atoms with Gasteiger partial charge in [-0.25, -0.2) is 4.79 Å². The maximum absolute atomic E-state index is 11.4. The normalized spacial score (nSPS) is 11.7. The number of esters is 1. The molecule has 17 heavy (non-hydrogen) atoms. The zero-order valence-electron chi connectivity index (χ0n) is 9.28. The first-order valence-electron chi connectivity index (χ1n) is 4.94. The van der Waals surface area contributed by atoms with Crippen molar-refractivity contribution in [2.24, 2.45) is 0 Å². The lowest BCUT2D eigenvalue weighted by molar-refractivity contribution is -0.149. The summed E-state index contributed by atoms with van der Waals surface area (Å²) in [7, 11) is 0. The van der Waals surface area contributed by atoms with E-state index in [2.05, 4.69) is 6.58 Å². The molecule has 5 heteroatoms. The van der Waals surface area contributed by atoms with Gasteiger partial charge in [-0.3, -0.25) is 0 Å². The number of hydrogen-bond acceptors (Lipinski definition) is 3. The summed E-state index contributed by atoms with van der Waals surface area (Å²) in [6, 6.07) is 4.77. The monoisotopic (exact) mass is 274 g/mol. The van der Waals surface area contributed by atoms with Crippen LogP contribution in [0.15, 0.2) is 30.9 Å². The average Bonchev–Trinajstić information content (AvgIpc) is 2.29. The molecule has 92 valence electrons. The Labute approximate surface area is 110 Å².